The number of ether oxygens (including phenoxy) is 1. The van der Waals surface area contributed by atoms with Crippen LogP contribution in [0.2, 0.25) is 0 Å². The Hall–Kier alpha value is -2.99. The molecule has 0 aliphatic rings. The number of nitrogens with zero attached hydrogens (tertiary/aromatic N) is 3. The van der Waals surface area contributed by atoms with Crippen molar-refractivity contribution in [3.8, 4) is 5.75 Å². The van der Waals surface area contributed by atoms with Crippen molar-refractivity contribution in [1.82, 2.24) is 14.9 Å². The Bertz CT molecular complexity index is 1120. The lowest BCUT2D eigenvalue weighted by atomic mass is 10.0. The molecular formula is C22H22N4OS. The van der Waals surface area contributed by atoms with E-state index in [1.165, 1.54) is 21.9 Å². The van der Waals surface area contributed by atoms with Crippen molar-refractivity contribution in [2.24, 2.45) is 0 Å². The number of fused-ring (bicyclic) bond motifs is 1. The van der Waals surface area contributed by atoms with E-state index in [-0.39, 0.29) is 0 Å². The smallest absolute Gasteiger partial charge is 0.210 e. The van der Waals surface area contributed by atoms with Crippen LogP contribution in [0.25, 0.3) is 10.8 Å². The molecule has 3 aromatic carbocycles. The topological polar surface area (TPSA) is 66.0 Å². The molecule has 0 radical (unpaired) electrons. The quantitative estimate of drug-likeness (QED) is 0.392. The second kappa shape index (κ2) is 7.94. The van der Waals surface area contributed by atoms with E-state index >= 15 is 0 Å². The van der Waals surface area contributed by atoms with Crippen LogP contribution < -0.4 is 10.6 Å². The summed E-state index contributed by atoms with van der Waals surface area (Å²) in [5, 5.41) is 11.7. The van der Waals surface area contributed by atoms with E-state index in [1.54, 1.807) is 23.5 Å². The van der Waals surface area contributed by atoms with Gasteiger partial charge in [0.2, 0.25) is 5.16 Å². The van der Waals surface area contributed by atoms with Gasteiger partial charge < -0.3 is 10.6 Å². The molecule has 0 fully saturated rings. The van der Waals surface area contributed by atoms with Crippen LogP contribution in [0.4, 0.5) is 0 Å². The summed E-state index contributed by atoms with van der Waals surface area (Å²) in [6.07, 6.45) is 0.638. The third-order valence-corrected chi connectivity index (χ3v) is 5.75. The second-order valence-corrected chi connectivity index (χ2v) is 7.63. The van der Waals surface area contributed by atoms with Crippen LogP contribution in [-0.2, 0) is 12.2 Å². The summed E-state index contributed by atoms with van der Waals surface area (Å²) in [7, 11) is 1.69. The minimum absolute atomic E-state index is 0.638. The highest BCUT2D eigenvalue weighted by atomic mass is 32.2. The van der Waals surface area contributed by atoms with Gasteiger partial charge in [-0.05, 0) is 29.3 Å². The maximum absolute atomic E-state index is 6.30. The lowest BCUT2D eigenvalue weighted by Crippen LogP contribution is -2.14. The number of hydrogen-bond donors (Lipinski definition) is 1. The average molecular weight is 391 g/mol. The number of rotatable bonds is 6. The van der Waals surface area contributed by atoms with Gasteiger partial charge >= 0.3 is 0 Å². The van der Waals surface area contributed by atoms with Gasteiger partial charge in [-0.1, -0.05) is 71.9 Å². The Labute approximate surface area is 168 Å². The number of nitrogens with two attached hydrogens (primary N) is 1. The van der Waals surface area contributed by atoms with Gasteiger partial charge in [0.1, 0.15) is 5.75 Å². The molecule has 0 saturated heterocycles. The van der Waals surface area contributed by atoms with E-state index in [0.29, 0.717) is 17.3 Å². The normalized spacial score (nSPS) is 11.1. The third-order valence-electron chi connectivity index (χ3n) is 4.76. The lowest BCUT2D eigenvalue weighted by Gasteiger charge is -2.09. The minimum atomic E-state index is 0.638. The van der Waals surface area contributed by atoms with Crippen LogP contribution in [0, 0.1) is 6.92 Å². The molecule has 6 heteroatoms. The number of methoxy groups -OCH3 is 1. The van der Waals surface area contributed by atoms with Crippen LogP contribution in [0.1, 0.15) is 22.5 Å². The largest absolute Gasteiger partial charge is 0.496 e. The van der Waals surface area contributed by atoms with E-state index in [2.05, 4.69) is 59.6 Å². The first-order chi connectivity index (χ1) is 13.7. The molecule has 0 unspecified atom stereocenters. The highest BCUT2D eigenvalue weighted by Crippen LogP contribution is 2.28. The zero-order chi connectivity index (χ0) is 19.5. The summed E-state index contributed by atoms with van der Waals surface area (Å²) in [5.74, 6) is 8.63. The van der Waals surface area contributed by atoms with Crippen LogP contribution in [0.3, 0.4) is 0 Å². The predicted molar refractivity (Wildman–Crippen MR) is 114 cm³/mol. The highest BCUT2D eigenvalue weighted by Gasteiger charge is 2.13. The van der Waals surface area contributed by atoms with E-state index in [1.807, 2.05) is 18.2 Å². The molecule has 4 rings (SSSR count). The standard InChI is InChI=1S/C22H22N4OS/c1-15-10-11-20(27-2)18(12-15)14-28-22-25-24-21(26(22)23)13-17-8-5-7-16-6-3-4-9-19(16)17/h3-12H,13-14,23H2,1-2H3. The van der Waals surface area contributed by atoms with Crippen LogP contribution in [0.15, 0.2) is 65.8 Å². The first-order valence-corrected chi connectivity index (χ1v) is 10.1. The molecular weight excluding hydrogens is 368 g/mol. The Morgan fingerprint density at radius 3 is 2.68 bits per heavy atom. The summed E-state index contributed by atoms with van der Waals surface area (Å²) in [5.41, 5.74) is 3.50. The van der Waals surface area contributed by atoms with Crippen molar-refractivity contribution in [1.29, 1.82) is 0 Å². The van der Waals surface area contributed by atoms with E-state index < -0.39 is 0 Å². The molecule has 5 nitrogen and oxygen atoms in total. The van der Waals surface area contributed by atoms with E-state index in [4.69, 9.17) is 10.6 Å². The maximum Gasteiger partial charge on any atom is 0.210 e. The SMILES string of the molecule is COc1ccc(C)cc1CSc1nnc(Cc2cccc3ccccc23)n1N. The Balaban J connectivity index is 1.54. The fourth-order valence-electron chi connectivity index (χ4n) is 3.31. The minimum Gasteiger partial charge on any atom is -0.496 e. The molecule has 4 aromatic rings. The number of nitrogen functional groups attached to an aromatic ring is 1. The highest BCUT2D eigenvalue weighted by molar-refractivity contribution is 7.98. The second-order valence-electron chi connectivity index (χ2n) is 6.69. The number of benzene rings is 3. The number of hydrogen-bond acceptors (Lipinski definition) is 5. The zero-order valence-corrected chi connectivity index (χ0v) is 16.7. The molecule has 0 saturated carbocycles. The van der Waals surface area contributed by atoms with Crippen molar-refractivity contribution in [2.75, 3.05) is 13.0 Å². The summed E-state index contributed by atoms with van der Waals surface area (Å²) in [6.45, 7) is 2.07. The van der Waals surface area contributed by atoms with Gasteiger partial charge in [-0.3, -0.25) is 0 Å². The van der Waals surface area contributed by atoms with Crippen molar-refractivity contribution in [3.05, 3.63) is 83.2 Å². The first kappa shape index (κ1) is 18.4. The maximum atomic E-state index is 6.30. The van der Waals surface area contributed by atoms with Gasteiger partial charge in [-0.2, -0.15) is 0 Å². The number of aryl methyl sites for hydroxylation is 1. The summed E-state index contributed by atoms with van der Waals surface area (Å²) in [6, 6.07) is 20.8. The summed E-state index contributed by atoms with van der Waals surface area (Å²) >= 11 is 1.56. The molecule has 142 valence electrons. The molecule has 28 heavy (non-hydrogen) atoms. The van der Waals surface area contributed by atoms with Gasteiger partial charge in [0.05, 0.1) is 7.11 Å². The van der Waals surface area contributed by atoms with E-state index in [0.717, 1.165) is 17.1 Å². The molecule has 0 spiro atoms. The van der Waals surface area contributed by atoms with Crippen molar-refractivity contribution < 1.29 is 4.74 Å². The average Bonchev–Trinajstić information content (AvgIpc) is 3.06. The summed E-state index contributed by atoms with van der Waals surface area (Å²) in [4.78, 5) is 0. The van der Waals surface area contributed by atoms with Crippen LogP contribution in [0.5, 0.6) is 5.75 Å². The molecule has 1 heterocycles. The van der Waals surface area contributed by atoms with Gasteiger partial charge in [0, 0.05) is 17.7 Å². The van der Waals surface area contributed by atoms with Crippen molar-refractivity contribution >= 4 is 22.5 Å². The lowest BCUT2D eigenvalue weighted by molar-refractivity contribution is 0.411. The molecule has 0 amide bonds. The number of aromatic nitrogens is 3. The van der Waals surface area contributed by atoms with Gasteiger partial charge in [0.15, 0.2) is 5.82 Å². The van der Waals surface area contributed by atoms with E-state index in [9.17, 15) is 0 Å². The Morgan fingerprint density at radius 2 is 1.82 bits per heavy atom. The fraction of sp³-hybridized carbons (Fsp3) is 0.182. The summed E-state index contributed by atoms with van der Waals surface area (Å²) < 4.78 is 7.05. The van der Waals surface area contributed by atoms with Gasteiger partial charge in [-0.25, -0.2) is 4.68 Å². The van der Waals surface area contributed by atoms with Crippen molar-refractivity contribution in [2.45, 2.75) is 24.3 Å². The van der Waals surface area contributed by atoms with Gasteiger partial charge in [0.25, 0.3) is 0 Å². The van der Waals surface area contributed by atoms with Crippen LogP contribution in [-0.4, -0.2) is 22.0 Å². The fourth-order valence-corrected chi connectivity index (χ4v) is 4.16. The third kappa shape index (κ3) is 3.68. The Kier molecular flexibility index (Phi) is 5.21. The number of thioether (sulfide) groups is 1. The predicted octanol–water partition coefficient (Wildman–Crippen LogP) is 4.35. The molecule has 0 aliphatic carbocycles. The Morgan fingerprint density at radius 1 is 1.00 bits per heavy atom. The molecule has 0 bridgehead atoms. The van der Waals surface area contributed by atoms with Gasteiger partial charge in [-0.15, -0.1) is 10.2 Å². The first-order valence-electron chi connectivity index (χ1n) is 9.08. The van der Waals surface area contributed by atoms with Crippen LogP contribution >= 0.6 is 11.8 Å². The van der Waals surface area contributed by atoms with Crippen molar-refractivity contribution in [3.63, 3.8) is 0 Å². The molecule has 2 N–H and O–H groups in total. The monoisotopic (exact) mass is 390 g/mol. The molecule has 1 aromatic heterocycles. The molecule has 0 atom stereocenters. The molecule has 0 aliphatic heterocycles. The zero-order valence-electron chi connectivity index (χ0n) is 15.9.